The Balaban J connectivity index is 1.38. The van der Waals surface area contributed by atoms with Crippen LogP contribution < -0.4 is 4.74 Å². The molecule has 5 nitrogen and oxygen atoms in total. The molecule has 3 fully saturated rings. The number of benzene rings is 2. The smallest absolute Gasteiger partial charge is 0.391 e. The van der Waals surface area contributed by atoms with Crippen molar-refractivity contribution in [2.45, 2.75) is 95.1 Å². The van der Waals surface area contributed by atoms with Gasteiger partial charge in [0.05, 0.1) is 17.9 Å². The van der Waals surface area contributed by atoms with Gasteiger partial charge in [0.25, 0.3) is 0 Å². The molecule has 3 aliphatic rings. The van der Waals surface area contributed by atoms with E-state index in [1.807, 2.05) is 18.2 Å². The van der Waals surface area contributed by atoms with Gasteiger partial charge >= 0.3 is 12.1 Å². The summed E-state index contributed by atoms with van der Waals surface area (Å²) < 4.78 is 45.2. The van der Waals surface area contributed by atoms with Crippen molar-refractivity contribution in [2.75, 3.05) is 0 Å². The molecular weight excluding hydrogens is 481 g/mol. The molecule has 2 aliphatic heterocycles. The first-order chi connectivity index (χ1) is 17.7. The van der Waals surface area contributed by atoms with E-state index in [2.05, 4.69) is 24.0 Å². The first-order valence-corrected chi connectivity index (χ1v) is 13.4. The van der Waals surface area contributed by atoms with Gasteiger partial charge in [-0.3, -0.25) is 9.69 Å². The Kier molecular flexibility index (Phi) is 7.10. The van der Waals surface area contributed by atoms with Crippen LogP contribution in [-0.2, 0) is 4.79 Å². The number of carboxylic acids is 1. The molecule has 0 radical (unpaired) electrons. The Bertz CT molecular complexity index is 1190. The highest BCUT2D eigenvalue weighted by Gasteiger charge is 2.43. The van der Waals surface area contributed by atoms with E-state index in [4.69, 9.17) is 4.74 Å². The highest BCUT2D eigenvalue weighted by atomic mass is 19.4. The molecule has 2 bridgehead atoms. The number of aliphatic carboxylic acids is 1. The SMILES string of the molecule is CC(c1ccc2ccc(O[C@H]3CC[C@@H](C(F)(F)F)CC3)c(C#N)c2c1)N1C2CCCC1CC(C(=O)O)C2. The molecule has 0 spiro atoms. The second-order valence-electron chi connectivity index (χ2n) is 11.0. The largest absolute Gasteiger partial charge is 0.489 e. The molecule has 3 atom stereocenters. The summed E-state index contributed by atoms with van der Waals surface area (Å²) in [7, 11) is 0. The number of nitrogens with zero attached hydrogens (tertiary/aromatic N) is 2. The topological polar surface area (TPSA) is 73.6 Å². The standard InChI is InChI=1S/C29H33F3N2O3/c1-17(34-22-3-2-4-23(34)14-20(13-22)28(35)36)19-6-5-18-7-12-27(26(16-33)25(18)15-19)37-24-10-8-21(9-11-24)29(30,31)32/h5-7,12,15,17,20-24H,2-4,8-11,13-14H2,1H3,(H,35,36)/t17?,20?,21-,22?,23?,24+. The Morgan fingerprint density at radius 3 is 2.32 bits per heavy atom. The summed E-state index contributed by atoms with van der Waals surface area (Å²) in [6.45, 7) is 2.15. The zero-order chi connectivity index (χ0) is 26.3. The third-order valence-corrected chi connectivity index (χ3v) is 8.86. The molecule has 2 heterocycles. The summed E-state index contributed by atoms with van der Waals surface area (Å²) in [6.07, 6.45) is 0.681. The number of carboxylic acid groups (broad SMARTS) is 1. The molecule has 2 saturated heterocycles. The second-order valence-corrected chi connectivity index (χ2v) is 11.0. The summed E-state index contributed by atoms with van der Waals surface area (Å²) in [5, 5.41) is 21.3. The summed E-state index contributed by atoms with van der Waals surface area (Å²) in [5.74, 6) is -1.84. The van der Waals surface area contributed by atoms with Crippen LogP contribution >= 0.6 is 0 Å². The summed E-state index contributed by atoms with van der Waals surface area (Å²) >= 11 is 0. The van der Waals surface area contributed by atoms with Gasteiger partial charge in [-0.1, -0.05) is 24.6 Å². The molecule has 1 saturated carbocycles. The van der Waals surface area contributed by atoms with Crippen molar-refractivity contribution in [2.24, 2.45) is 11.8 Å². The molecule has 8 heteroatoms. The number of alkyl halides is 3. The van der Waals surface area contributed by atoms with E-state index < -0.39 is 18.1 Å². The van der Waals surface area contributed by atoms with Crippen molar-refractivity contribution in [3.63, 3.8) is 0 Å². The van der Waals surface area contributed by atoms with E-state index >= 15 is 0 Å². The first kappa shape index (κ1) is 25.8. The van der Waals surface area contributed by atoms with Gasteiger partial charge in [-0.05, 0) is 81.4 Å². The maximum Gasteiger partial charge on any atom is 0.391 e. The fourth-order valence-electron chi connectivity index (χ4n) is 6.90. The molecule has 2 aromatic carbocycles. The molecular formula is C29H33F3N2O3. The number of carbonyl (C=O) groups is 1. The van der Waals surface area contributed by atoms with E-state index in [-0.39, 0.29) is 43.0 Å². The maximum absolute atomic E-state index is 13.0. The van der Waals surface area contributed by atoms with Gasteiger partial charge in [0, 0.05) is 23.5 Å². The number of hydrogen-bond donors (Lipinski definition) is 1. The number of nitriles is 1. The first-order valence-electron chi connectivity index (χ1n) is 13.4. The number of ether oxygens (including phenoxy) is 1. The zero-order valence-corrected chi connectivity index (χ0v) is 21.0. The van der Waals surface area contributed by atoms with Crippen molar-refractivity contribution >= 4 is 16.7 Å². The van der Waals surface area contributed by atoms with Crippen LogP contribution in [0.25, 0.3) is 10.8 Å². The van der Waals surface area contributed by atoms with Crippen LogP contribution in [-0.4, -0.2) is 40.3 Å². The highest BCUT2D eigenvalue weighted by Crippen LogP contribution is 2.43. The van der Waals surface area contributed by atoms with Crippen molar-refractivity contribution in [3.05, 3.63) is 41.5 Å². The minimum Gasteiger partial charge on any atom is -0.489 e. The van der Waals surface area contributed by atoms with E-state index in [0.29, 0.717) is 37.0 Å². The minimum atomic E-state index is -4.17. The Labute approximate surface area is 215 Å². The van der Waals surface area contributed by atoms with E-state index in [0.717, 1.165) is 35.6 Å². The maximum atomic E-state index is 13.0. The Morgan fingerprint density at radius 2 is 1.73 bits per heavy atom. The number of halogens is 3. The molecule has 3 unspecified atom stereocenters. The van der Waals surface area contributed by atoms with Crippen molar-refractivity contribution < 1.29 is 27.8 Å². The van der Waals surface area contributed by atoms with Gasteiger partial charge < -0.3 is 9.84 Å². The van der Waals surface area contributed by atoms with Crippen molar-refractivity contribution in [1.82, 2.24) is 4.90 Å². The quantitative estimate of drug-likeness (QED) is 0.466. The van der Waals surface area contributed by atoms with Gasteiger partial charge in [0.15, 0.2) is 0 Å². The van der Waals surface area contributed by atoms with E-state index in [1.165, 1.54) is 0 Å². The fourth-order valence-corrected chi connectivity index (χ4v) is 6.90. The summed E-state index contributed by atoms with van der Waals surface area (Å²) in [5.41, 5.74) is 1.48. The van der Waals surface area contributed by atoms with Crippen molar-refractivity contribution in [1.29, 1.82) is 5.26 Å². The third-order valence-electron chi connectivity index (χ3n) is 8.86. The van der Waals surface area contributed by atoms with Gasteiger partial charge in [-0.15, -0.1) is 0 Å². The van der Waals surface area contributed by atoms with Crippen LogP contribution in [0.15, 0.2) is 30.3 Å². The molecule has 2 aromatic rings. The molecule has 0 aromatic heterocycles. The molecule has 37 heavy (non-hydrogen) atoms. The zero-order valence-electron chi connectivity index (χ0n) is 21.0. The lowest BCUT2D eigenvalue weighted by atomic mass is 9.77. The van der Waals surface area contributed by atoms with Crippen LogP contribution in [0.1, 0.15) is 81.9 Å². The van der Waals surface area contributed by atoms with Crippen LogP contribution in [0.5, 0.6) is 5.75 Å². The van der Waals surface area contributed by atoms with Crippen LogP contribution in [0.2, 0.25) is 0 Å². The average molecular weight is 515 g/mol. The third kappa shape index (κ3) is 5.16. The lowest BCUT2D eigenvalue weighted by Gasteiger charge is -2.51. The van der Waals surface area contributed by atoms with Crippen molar-refractivity contribution in [3.8, 4) is 11.8 Å². The van der Waals surface area contributed by atoms with Crippen LogP contribution in [0.3, 0.4) is 0 Å². The number of piperidine rings is 2. The number of hydrogen-bond acceptors (Lipinski definition) is 4. The summed E-state index contributed by atoms with van der Waals surface area (Å²) in [4.78, 5) is 14.2. The number of rotatable bonds is 5. The predicted octanol–water partition coefficient (Wildman–Crippen LogP) is 6.99. The lowest BCUT2D eigenvalue weighted by molar-refractivity contribution is -0.185. The second kappa shape index (κ2) is 10.2. The van der Waals surface area contributed by atoms with Gasteiger partial charge in [-0.25, -0.2) is 0 Å². The number of fused-ring (bicyclic) bond motifs is 3. The van der Waals surface area contributed by atoms with Crippen LogP contribution in [0.4, 0.5) is 13.2 Å². The minimum absolute atomic E-state index is 0.0478. The van der Waals surface area contributed by atoms with E-state index in [1.54, 1.807) is 6.07 Å². The normalized spacial score (nSPS) is 29.4. The molecule has 198 valence electrons. The van der Waals surface area contributed by atoms with Gasteiger partial charge in [0.1, 0.15) is 17.4 Å². The predicted molar refractivity (Wildman–Crippen MR) is 133 cm³/mol. The molecule has 5 rings (SSSR count). The van der Waals surface area contributed by atoms with E-state index in [9.17, 15) is 28.3 Å². The summed E-state index contributed by atoms with van der Waals surface area (Å²) in [6, 6.07) is 12.6. The van der Waals surface area contributed by atoms with Gasteiger partial charge in [-0.2, -0.15) is 18.4 Å². The molecule has 1 aliphatic carbocycles. The Hall–Kier alpha value is -2.79. The highest BCUT2D eigenvalue weighted by molar-refractivity contribution is 5.90. The monoisotopic (exact) mass is 514 g/mol. The molecule has 0 amide bonds. The van der Waals surface area contributed by atoms with Crippen LogP contribution in [0, 0.1) is 23.2 Å². The Morgan fingerprint density at radius 1 is 1.08 bits per heavy atom. The molecule has 1 N–H and O–H groups in total. The van der Waals surface area contributed by atoms with Gasteiger partial charge in [0.2, 0.25) is 0 Å². The fraction of sp³-hybridized carbons (Fsp3) is 0.586. The lowest BCUT2D eigenvalue weighted by Crippen LogP contribution is -2.53. The average Bonchev–Trinajstić information content (AvgIpc) is 2.86.